The molecular formula is C10H10N6O2S. The molecule has 0 fully saturated rings. The molecule has 2 heterocycles. The van der Waals surface area contributed by atoms with E-state index in [1.54, 1.807) is 6.07 Å². The number of pyridine rings is 1. The van der Waals surface area contributed by atoms with E-state index in [-0.39, 0.29) is 10.7 Å². The molecule has 0 aromatic carbocycles. The second-order valence-corrected chi connectivity index (χ2v) is 4.46. The van der Waals surface area contributed by atoms with Gasteiger partial charge in [0.05, 0.1) is 18.1 Å². The Labute approximate surface area is 110 Å². The first kappa shape index (κ1) is 13.2. The minimum Gasteiger partial charge on any atom is -0.289 e. The smallest absolute Gasteiger partial charge is 0.285 e. The van der Waals surface area contributed by atoms with E-state index < -0.39 is 16.9 Å². The quantitative estimate of drug-likeness (QED) is 0.379. The van der Waals surface area contributed by atoms with Crippen LogP contribution in [-0.4, -0.2) is 25.1 Å². The van der Waals surface area contributed by atoms with Crippen molar-refractivity contribution >= 4 is 16.9 Å². The molecule has 1 atom stereocenters. The molecule has 0 aliphatic heterocycles. The zero-order valence-corrected chi connectivity index (χ0v) is 10.4. The van der Waals surface area contributed by atoms with Gasteiger partial charge in [-0.3, -0.25) is 15.2 Å². The molecule has 0 bridgehead atoms. The van der Waals surface area contributed by atoms with Gasteiger partial charge in [-0.2, -0.15) is 0 Å². The van der Waals surface area contributed by atoms with E-state index in [1.165, 1.54) is 24.7 Å². The molecule has 2 rings (SSSR count). The SMILES string of the molecule is NNC(=O)c1cncc(-c2ccc(S(N)=O)nc2)n1. The molecule has 2 aromatic heterocycles. The Morgan fingerprint density at radius 2 is 2.05 bits per heavy atom. The van der Waals surface area contributed by atoms with Crippen LogP contribution in [-0.2, 0) is 11.0 Å². The Kier molecular flexibility index (Phi) is 3.90. The summed E-state index contributed by atoms with van der Waals surface area (Å²) in [7, 11) is -1.63. The van der Waals surface area contributed by atoms with Crippen LogP contribution >= 0.6 is 0 Å². The van der Waals surface area contributed by atoms with Crippen LogP contribution in [0.2, 0.25) is 0 Å². The lowest BCUT2D eigenvalue weighted by atomic mass is 10.2. The van der Waals surface area contributed by atoms with Crippen LogP contribution in [0.1, 0.15) is 10.5 Å². The van der Waals surface area contributed by atoms with Gasteiger partial charge in [0.25, 0.3) is 5.91 Å². The van der Waals surface area contributed by atoms with E-state index in [0.717, 1.165) is 0 Å². The molecule has 1 unspecified atom stereocenters. The van der Waals surface area contributed by atoms with Crippen molar-refractivity contribution < 1.29 is 9.00 Å². The van der Waals surface area contributed by atoms with Gasteiger partial charge >= 0.3 is 0 Å². The zero-order chi connectivity index (χ0) is 13.8. The predicted molar refractivity (Wildman–Crippen MR) is 67.5 cm³/mol. The van der Waals surface area contributed by atoms with E-state index in [2.05, 4.69) is 15.0 Å². The van der Waals surface area contributed by atoms with Gasteiger partial charge in [-0.1, -0.05) is 0 Å². The van der Waals surface area contributed by atoms with E-state index in [0.29, 0.717) is 11.3 Å². The van der Waals surface area contributed by atoms with E-state index >= 15 is 0 Å². The summed E-state index contributed by atoms with van der Waals surface area (Å²) in [6.45, 7) is 0. The lowest BCUT2D eigenvalue weighted by Gasteiger charge is -2.03. The number of rotatable bonds is 3. The maximum absolute atomic E-state index is 11.3. The van der Waals surface area contributed by atoms with E-state index in [9.17, 15) is 9.00 Å². The van der Waals surface area contributed by atoms with E-state index in [4.69, 9.17) is 11.0 Å². The molecular weight excluding hydrogens is 268 g/mol. The summed E-state index contributed by atoms with van der Waals surface area (Å²) in [6, 6.07) is 3.16. The summed E-state index contributed by atoms with van der Waals surface area (Å²) in [5, 5.41) is 5.46. The zero-order valence-electron chi connectivity index (χ0n) is 9.61. The van der Waals surface area contributed by atoms with Crippen molar-refractivity contribution in [2.45, 2.75) is 5.03 Å². The number of nitrogen functional groups attached to an aromatic ring is 1. The third-order valence-electron chi connectivity index (χ3n) is 2.24. The van der Waals surface area contributed by atoms with Crippen molar-refractivity contribution in [2.75, 3.05) is 0 Å². The summed E-state index contributed by atoms with van der Waals surface area (Å²) in [6.07, 6.45) is 4.22. The topological polar surface area (TPSA) is 137 Å². The molecule has 8 nitrogen and oxygen atoms in total. The molecule has 19 heavy (non-hydrogen) atoms. The summed E-state index contributed by atoms with van der Waals surface area (Å²) in [5.74, 6) is 4.48. The van der Waals surface area contributed by atoms with Crippen molar-refractivity contribution in [1.82, 2.24) is 20.4 Å². The number of aromatic nitrogens is 3. The third-order valence-corrected chi connectivity index (χ3v) is 2.89. The van der Waals surface area contributed by atoms with Crippen molar-refractivity contribution in [2.24, 2.45) is 11.0 Å². The first-order valence-corrected chi connectivity index (χ1v) is 6.28. The molecule has 0 saturated carbocycles. The lowest BCUT2D eigenvalue weighted by molar-refractivity contribution is 0.0948. The Hall–Kier alpha value is -2.23. The lowest BCUT2D eigenvalue weighted by Crippen LogP contribution is -2.30. The van der Waals surface area contributed by atoms with Crippen molar-refractivity contribution in [1.29, 1.82) is 0 Å². The molecule has 98 valence electrons. The molecule has 0 spiro atoms. The van der Waals surface area contributed by atoms with Crippen molar-refractivity contribution in [3.8, 4) is 11.3 Å². The fourth-order valence-electron chi connectivity index (χ4n) is 1.34. The van der Waals surface area contributed by atoms with Gasteiger partial charge in [0, 0.05) is 11.8 Å². The van der Waals surface area contributed by atoms with Gasteiger partial charge in [-0.05, 0) is 12.1 Å². The maximum atomic E-state index is 11.3. The fourth-order valence-corrected chi connectivity index (χ4v) is 1.70. The molecule has 0 radical (unpaired) electrons. The summed E-state index contributed by atoms with van der Waals surface area (Å²) in [4.78, 5) is 23.2. The van der Waals surface area contributed by atoms with Gasteiger partial charge in [0.2, 0.25) is 0 Å². The standard InChI is InChI=1S/C10H10N6O2S/c11-16-10(17)8-5-13-4-7(15-8)6-1-2-9(14-3-6)19(12)18/h1-5H,11-12H2,(H,16,17). The Morgan fingerprint density at radius 3 is 2.63 bits per heavy atom. The summed E-state index contributed by atoms with van der Waals surface area (Å²) in [5.41, 5.74) is 3.13. The van der Waals surface area contributed by atoms with Crippen LogP contribution in [0.3, 0.4) is 0 Å². The number of nitrogens with one attached hydrogen (secondary N) is 1. The fraction of sp³-hybridized carbons (Fsp3) is 0. The molecule has 0 aliphatic rings. The Balaban J connectivity index is 2.36. The predicted octanol–water partition coefficient (Wildman–Crippen LogP) is -0.877. The minimum atomic E-state index is -1.63. The normalized spacial score (nSPS) is 11.9. The Morgan fingerprint density at radius 1 is 1.26 bits per heavy atom. The number of amides is 1. The second kappa shape index (κ2) is 5.61. The van der Waals surface area contributed by atoms with Gasteiger partial charge in [-0.25, -0.2) is 25.2 Å². The van der Waals surface area contributed by atoms with Crippen LogP contribution in [0.5, 0.6) is 0 Å². The maximum Gasteiger partial charge on any atom is 0.285 e. The number of carbonyl (C=O) groups is 1. The highest BCUT2D eigenvalue weighted by atomic mass is 32.2. The average Bonchev–Trinajstić information content (AvgIpc) is 2.46. The molecule has 0 aliphatic carbocycles. The van der Waals surface area contributed by atoms with Gasteiger partial charge in [0.1, 0.15) is 21.7 Å². The summed E-state index contributed by atoms with van der Waals surface area (Å²) >= 11 is 0. The third kappa shape index (κ3) is 2.96. The number of hydrazine groups is 1. The number of nitrogens with zero attached hydrogens (tertiary/aromatic N) is 3. The second-order valence-electron chi connectivity index (χ2n) is 3.45. The van der Waals surface area contributed by atoms with Crippen molar-refractivity contribution in [3.05, 3.63) is 36.4 Å². The monoisotopic (exact) mass is 278 g/mol. The largest absolute Gasteiger partial charge is 0.289 e. The van der Waals surface area contributed by atoms with Gasteiger partial charge < -0.3 is 0 Å². The molecule has 0 saturated heterocycles. The molecule has 1 amide bonds. The number of hydrogen-bond acceptors (Lipinski definition) is 6. The van der Waals surface area contributed by atoms with Crippen LogP contribution in [0.25, 0.3) is 11.3 Å². The molecule has 9 heteroatoms. The van der Waals surface area contributed by atoms with Crippen LogP contribution in [0.4, 0.5) is 0 Å². The average molecular weight is 278 g/mol. The Bertz CT molecular complexity index is 630. The number of hydrogen-bond donors (Lipinski definition) is 3. The molecule has 5 N–H and O–H groups in total. The highest BCUT2D eigenvalue weighted by Crippen LogP contribution is 2.15. The van der Waals surface area contributed by atoms with Gasteiger partial charge in [-0.15, -0.1) is 0 Å². The number of nitrogens with two attached hydrogens (primary N) is 2. The van der Waals surface area contributed by atoms with Gasteiger partial charge in [0.15, 0.2) is 0 Å². The highest BCUT2D eigenvalue weighted by Gasteiger charge is 2.09. The van der Waals surface area contributed by atoms with Crippen LogP contribution < -0.4 is 16.4 Å². The number of carbonyl (C=O) groups excluding carboxylic acids is 1. The van der Waals surface area contributed by atoms with Crippen molar-refractivity contribution in [3.63, 3.8) is 0 Å². The first-order chi connectivity index (χ1) is 9.11. The first-order valence-electron chi connectivity index (χ1n) is 5.07. The van der Waals surface area contributed by atoms with Crippen LogP contribution in [0.15, 0.2) is 35.7 Å². The minimum absolute atomic E-state index is 0.0893. The molecule has 2 aromatic rings. The summed E-state index contributed by atoms with van der Waals surface area (Å²) < 4.78 is 11.0. The van der Waals surface area contributed by atoms with Crippen LogP contribution in [0, 0.1) is 0 Å². The van der Waals surface area contributed by atoms with E-state index in [1.807, 2.05) is 5.43 Å². The highest BCUT2D eigenvalue weighted by molar-refractivity contribution is 7.82.